The largest absolute Gasteiger partial charge is 0.465 e. The van der Waals surface area contributed by atoms with Gasteiger partial charge < -0.3 is 4.74 Å². The summed E-state index contributed by atoms with van der Waals surface area (Å²) in [5.41, 5.74) is 1.32. The van der Waals surface area contributed by atoms with Crippen LogP contribution in [0.25, 0.3) is 0 Å². The zero-order valence-electron chi connectivity index (χ0n) is 14.5. The van der Waals surface area contributed by atoms with E-state index >= 15 is 0 Å². The van der Waals surface area contributed by atoms with Crippen LogP contribution in [0.4, 0.5) is 5.82 Å². The van der Waals surface area contributed by atoms with Gasteiger partial charge in [0.15, 0.2) is 0 Å². The Hall–Kier alpha value is -3.25. The first-order chi connectivity index (χ1) is 13.1. The zero-order valence-corrected chi connectivity index (χ0v) is 15.3. The Bertz CT molecular complexity index is 946. The number of halogens is 1. The first-order valence-corrected chi connectivity index (χ1v) is 8.48. The van der Waals surface area contributed by atoms with Gasteiger partial charge in [0.1, 0.15) is 11.5 Å². The number of esters is 1. The van der Waals surface area contributed by atoms with E-state index in [4.69, 9.17) is 11.6 Å². The maximum absolute atomic E-state index is 13.1. The molecular weight excluding hydrogens is 366 g/mol. The summed E-state index contributed by atoms with van der Waals surface area (Å²) < 4.78 is 4.65. The Labute approximate surface area is 161 Å². The van der Waals surface area contributed by atoms with Crippen molar-refractivity contribution < 1.29 is 14.3 Å². The minimum atomic E-state index is -0.512. The Morgan fingerprint density at radius 1 is 1.07 bits per heavy atom. The van der Waals surface area contributed by atoms with Crippen LogP contribution in [-0.4, -0.2) is 29.0 Å². The summed E-state index contributed by atoms with van der Waals surface area (Å²) >= 11 is 6.06. The Morgan fingerprint density at radius 2 is 1.93 bits per heavy atom. The van der Waals surface area contributed by atoms with E-state index in [9.17, 15) is 9.59 Å². The summed E-state index contributed by atoms with van der Waals surface area (Å²) in [6.45, 7) is 0.275. The SMILES string of the molecule is COC(=O)c1ccc(C(=O)N(Cc2cccc(Cl)c2)c2ccccn2)nc1. The van der Waals surface area contributed by atoms with Crippen LogP contribution >= 0.6 is 11.6 Å². The summed E-state index contributed by atoms with van der Waals surface area (Å²) in [6.07, 6.45) is 2.93. The summed E-state index contributed by atoms with van der Waals surface area (Å²) in [6, 6.07) is 15.6. The second-order valence-electron chi connectivity index (χ2n) is 5.63. The number of ether oxygens (including phenoxy) is 1. The molecule has 0 unspecified atom stereocenters. The lowest BCUT2D eigenvalue weighted by atomic mass is 10.2. The molecule has 0 saturated carbocycles. The van der Waals surface area contributed by atoms with Gasteiger partial charge in [-0.3, -0.25) is 14.7 Å². The van der Waals surface area contributed by atoms with Crippen molar-refractivity contribution in [2.75, 3.05) is 12.0 Å². The van der Waals surface area contributed by atoms with Crippen molar-refractivity contribution in [3.63, 3.8) is 0 Å². The molecule has 0 atom stereocenters. The average molecular weight is 382 g/mol. The van der Waals surface area contributed by atoms with E-state index in [1.165, 1.54) is 30.3 Å². The predicted molar refractivity (Wildman–Crippen MR) is 102 cm³/mol. The standard InChI is InChI=1S/C20H16ClN3O3/c1-27-20(26)15-8-9-17(23-12-15)19(25)24(18-7-2-3-10-22-18)13-14-5-4-6-16(21)11-14/h2-12H,13H2,1H3. The van der Waals surface area contributed by atoms with Gasteiger partial charge in [0.05, 0.1) is 19.2 Å². The van der Waals surface area contributed by atoms with Crippen LogP contribution in [0.5, 0.6) is 0 Å². The summed E-state index contributed by atoms with van der Waals surface area (Å²) in [5.74, 6) is -0.367. The number of rotatable bonds is 5. The molecule has 136 valence electrons. The zero-order chi connectivity index (χ0) is 19.2. The topological polar surface area (TPSA) is 72.4 Å². The summed E-state index contributed by atoms with van der Waals surface area (Å²) in [4.78, 5) is 34.5. The highest BCUT2D eigenvalue weighted by Crippen LogP contribution is 2.19. The number of anilines is 1. The normalized spacial score (nSPS) is 10.3. The molecule has 0 saturated heterocycles. The van der Waals surface area contributed by atoms with E-state index in [0.717, 1.165) is 5.56 Å². The molecule has 1 amide bonds. The monoisotopic (exact) mass is 381 g/mol. The highest BCUT2D eigenvalue weighted by molar-refractivity contribution is 6.30. The number of hydrogen-bond donors (Lipinski definition) is 0. The first-order valence-electron chi connectivity index (χ1n) is 8.10. The molecular formula is C20H16ClN3O3. The Balaban J connectivity index is 1.92. The molecule has 0 aliphatic heterocycles. The van der Waals surface area contributed by atoms with Gasteiger partial charge in [0.25, 0.3) is 5.91 Å². The van der Waals surface area contributed by atoms with Crippen LogP contribution in [-0.2, 0) is 11.3 Å². The van der Waals surface area contributed by atoms with Crippen LogP contribution in [0, 0.1) is 0 Å². The molecule has 7 heteroatoms. The van der Waals surface area contributed by atoms with E-state index in [1.807, 2.05) is 12.1 Å². The molecule has 6 nitrogen and oxygen atoms in total. The molecule has 0 bridgehead atoms. The molecule has 3 rings (SSSR count). The van der Waals surface area contributed by atoms with Crippen molar-refractivity contribution in [2.45, 2.75) is 6.54 Å². The molecule has 2 heterocycles. The lowest BCUT2D eigenvalue weighted by molar-refractivity contribution is 0.0599. The summed E-state index contributed by atoms with van der Waals surface area (Å²) in [5, 5.41) is 0.585. The van der Waals surface area contributed by atoms with E-state index in [0.29, 0.717) is 10.8 Å². The molecule has 1 aromatic carbocycles. The van der Waals surface area contributed by atoms with Crippen LogP contribution in [0.2, 0.25) is 5.02 Å². The Kier molecular flexibility index (Phi) is 5.78. The van der Waals surface area contributed by atoms with Crippen molar-refractivity contribution in [3.8, 4) is 0 Å². The lowest BCUT2D eigenvalue weighted by Crippen LogP contribution is -2.31. The number of benzene rings is 1. The van der Waals surface area contributed by atoms with Gasteiger partial charge in [0.2, 0.25) is 0 Å². The molecule has 0 spiro atoms. The first kappa shape index (κ1) is 18.5. The van der Waals surface area contributed by atoms with Gasteiger partial charge in [-0.1, -0.05) is 29.8 Å². The molecule has 0 aliphatic carbocycles. The fourth-order valence-corrected chi connectivity index (χ4v) is 2.70. The van der Waals surface area contributed by atoms with E-state index in [-0.39, 0.29) is 23.7 Å². The third-order valence-electron chi connectivity index (χ3n) is 3.80. The smallest absolute Gasteiger partial charge is 0.339 e. The number of aromatic nitrogens is 2. The number of carbonyl (C=O) groups excluding carboxylic acids is 2. The number of amides is 1. The second-order valence-corrected chi connectivity index (χ2v) is 6.07. The van der Waals surface area contributed by atoms with Crippen LogP contribution in [0.15, 0.2) is 67.0 Å². The number of nitrogens with zero attached hydrogens (tertiary/aromatic N) is 3. The highest BCUT2D eigenvalue weighted by Gasteiger charge is 2.21. The minimum Gasteiger partial charge on any atom is -0.465 e. The predicted octanol–water partition coefficient (Wildman–Crippen LogP) is 3.76. The highest BCUT2D eigenvalue weighted by atomic mass is 35.5. The minimum absolute atomic E-state index is 0.190. The molecule has 0 fully saturated rings. The third-order valence-corrected chi connectivity index (χ3v) is 4.04. The molecule has 0 aliphatic rings. The van der Waals surface area contributed by atoms with Crippen molar-refractivity contribution in [2.24, 2.45) is 0 Å². The average Bonchev–Trinajstić information content (AvgIpc) is 2.72. The van der Waals surface area contributed by atoms with Gasteiger partial charge >= 0.3 is 5.97 Å². The Morgan fingerprint density at radius 3 is 2.56 bits per heavy atom. The molecule has 0 N–H and O–H groups in total. The molecule has 27 heavy (non-hydrogen) atoms. The molecule has 3 aromatic rings. The molecule has 2 aromatic heterocycles. The van der Waals surface area contributed by atoms with E-state index < -0.39 is 5.97 Å². The van der Waals surface area contributed by atoms with Gasteiger partial charge in [-0.15, -0.1) is 0 Å². The fourth-order valence-electron chi connectivity index (χ4n) is 2.49. The van der Waals surface area contributed by atoms with Crippen LogP contribution in [0.1, 0.15) is 26.4 Å². The van der Waals surface area contributed by atoms with Crippen molar-refractivity contribution >= 4 is 29.3 Å². The lowest BCUT2D eigenvalue weighted by Gasteiger charge is -2.21. The van der Waals surface area contributed by atoms with E-state index in [2.05, 4.69) is 14.7 Å². The van der Waals surface area contributed by atoms with Gasteiger partial charge in [-0.2, -0.15) is 0 Å². The van der Waals surface area contributed by atoms with Crippen LogP contribution in [0.3, 0.4) is 0 Å². The fraction of sp³-hybridized carbons (Fsp3) is 0.100. The number of methoxy groups -OCH3 is 1. The summed E-state index contributed by atoms with van der Waals surface area (Å²) in [7, 11) is 1.29. The number of hydrogen-bond acceptors (Lipinski definition) is 5. The van der Waals surface area contributed by atoms with Gasteiger partial charge in [-0.25, -0.2) is 9.78 Å². The van der Waals surface area contributed by atoms with Crippen LogP contribution < -0.4 is 4.90 Å². The van der Waals surface area contributed by atoms with Gasteiger partial charge in [-0.05, 0) is 42.0 Å². The quantitative estimate of drug-likeness (QED) is 0.629. The van der Waals surface area contributed by atoms with E-state index in [1.54, 1.807) is 36.5 Å². The van der Waals surface area contributed by atoms with Crippen molar-refractivity contribution in [1.82, 2.24) is 9.97 Å². The van der Waals surface area contributed by atoms with Crippen molar-refractivity contribution in [3.05, 3.63) is 88.8 Å². The van der Waals surface area contributed by atoms with Gasteiger partial charge in [0, 0.05) is 17.4 Å². The third kappa shape index (κ3) is 4.48. The number of pyridine rings is 2. The second kappa shape index (κ2) is 8.42. The van der Waals surface area contributed by atoms with Crippen molar-refractivity contribution in [1.29, 1.82) is 0 Å². The molecule has 0 radical (unpaired) electrons. The number of carbonyl (C=O) groups is 2. The maximum atomic E-state index is 13.1. The maximum Gasteiger partial charge on any atom is 0.339 e.